The second-order valence-corrected chi connectivity index (χ2v) is 5.00. The second-order valence-electron chi connectivity index (χ2n) is 5.00. The van der Waals surface area contributed by atoms with Crippen molar-refractivity contribution in [3.63, 3.8) is 0 Å². The summed E-state index contributed by atoms with van der Waals surface area (Å²) in [6, 6.07) is 0. The van der Waals surface area contributed by atoms with E-state index in [0.717, 1.165) is 0 Å². The molecule has 7 heteroatoms. The van der Waals surface area contributed by atoms with E-state index in [1.54, 1.807) is 0 Å². The lowest BCUT2D eigenvalue weighted by Crippen LogP contribution is -2.42. The van der Waals surface area contributed by atoms with Gasteiger partial charge in [0.15, 0.2) is 0 Å². The van der Waals surface area contributed by atoms with E-state index in [0.29, 0.717) is 0 Å². The van der Waals surface area contributed by atoms with E-state index in [1.807, 2.05) is 20.8 Å². The van der Waals surface area contributed by atoms with Crippen LogP contribution in [0, 0.1) is 0 Å². The summed E-state index contributed by atoms with van der Waals surface area (Å²) in [5.41, 5.74) is 5.75. The minimum Gasteiger partial charge on any atom is -0.396 e. The fourth-order valence-electron chi connectivity index (χ4n) is 1.34. The van der Waals surface area contributed by atoms with Crippen LogP contribution in [0.3, 0.4) is 0 Å². The molecular weight excluding hydrogens is 234 g/mol. The summed E-state index contributed by atoms with van der Waals surface area (Å²) in [5.74, 6) is -0.478. The number of aromatic amines is 1. The SMILES string of the molecule is CC(C)(C)NC(=O)CCNC(=O)c1[nH]ncc1N. The number of H-pyrrole nitrogens is 1. The van der Waals surface area contributed by atoms with Crippen molar-refractivity contribution < 1.29 is 9.59 Å². The Morgan fingerprint density at radius 2 is 2.11 bits per heavy atom. The molecule has 18 heavy (non-hydrogen) atoms. The van der Waals surface area contributed by atoms with Crippen LogP contribution in [0.4, 0.5) is 5.69 Å². The van der Waals surface area contributed by atoms with Gasteiger partial charge in [0.2, 0.25) is 5.91 Å². The Hall–Kier alpha value is -2.05. The summed E-state index contributed by atoms with van der Waals surface area (Å²) in [5, 5.41) is 11.5. The Morgan fingerprint density at radius 1 is 1.44 bits per heavy atom. The monoisotopic (exact) mass is 253 g/mol. The zero-order valence-electron chi connectivity index (χ0n) is 10.8. The van der Waals surface area contributed by atoms with Gasteiger partial charge in [-0.05, 0) is 20.8 Å². The predicted octanol–water partition coefficient (Wildman–Crippen LogP) is 0.0265. The van der Waals surface area contributed by atoms with E-state index in [2.05, 4.69) is 20.8 Å². The first kappa shape index (κ1) is 14.0. The Morgan fingerprint density at radius 3 is 2.61 bits per heavy atom. The molecule has 0 radical (unpaired) electrons. The van der Waals surface area contributed by atoms with Gasteiger partial charge in [-0.1, -0.05) is 0 Å². The number of nitrogens with two attached hydrogens (primary N) is 1. The molecule has 100 valence electrons. The van der Waals surface area contributed by atoms with Crippen molar-refractivity contribution in [3.8, 4) is 0 Å². The molecule has 1 aromatic heterocycles. The molecule has 0 aromatic carbocycles. The molecule has 1 heterocycles. The van der Waals surface area contributed by atoms with Gasteiger partial charge in [-0.15, -0.1) is 0 Å². The smallest absolute Gasteiger partial charge is 0.271 e. The van der Waals surface area contributed by atoms with Crippen LogP contribution < -0.4 is 16.4 Å². The highest BCUT2D eigenvalue weighted by atomic mass is 16.2. The van der Waals surface area contributed by atoms with Gasteiger partial charge in [0, 0.05) is 18.5 Å². The van der Waals surface area contributed by atoms with Gasteiger partial charge in [-0.3, -0.25) is 14.7 Å². The first-order valence-electron chi connectivity index (χ1n) is 5.67. The van der Waals surface area contributed by atoms with Gasteiger partial charge in [-0.2, -0.15) is 5.10 Å². The largest absolute Gasteiger partial charge is 0.396 e. The van der Waals surface area contributed by atoms with Crippen molar-refractivity contribution in [1.82, 2.24) is 20.8 Å². The van der Waals surface area contributed by atoms with Gasteiger partial charge in [-0.25, -0.2) is 0 Å². The first-order chi connectivity index (χ1) is 8.29. The maximum atomic E-state index is 11.6. The average Bonchev–Trinajstić information content (AvgIpc) is 2.61. The van der Waals surface area contributed by atoms with E-state index < -0.39 is 0 Å². The molecule has 1 rings (SSSR count). The molecule has 0 saturated heterocycles. The zero-order chi connectivity index (χ0) is 13.8. The summed E-state index contributed by atoms with van der Waals surface area (Å²) < 4.78 is 0. The topological polar surface area (TPSA) is 113 Å². The van der Waals surface area contributed by atoms with E-state index in [9.17, 15) is 9.59 Å². The number of hydrogen-bond donors (Lipinski definition) is 4. The Bertz CT molecular complexity index is 433. The van der Waals surface area contributed by atoms with Gasteiger partial charge in [0.05, 0.1) is 11.9 Å². The highest BCUT2D eigenvalue weighted by Crippen LogP contribution is 2.05. The Labute approximate surface area is 106 Å². The lowest BCUT2D eigenvalue weighted by atomic mass is 10.1. The number of hydrogen-bond acceptors (Lipinski definition) is 4. The maximum absolute atomic E-state index is 11.6. The highest BCUT2D eigenvalue weighted by Gasteiger charge is 2.15. The number of rotatable bonds is 4. The molecule has 0 spiro atoms. The maximum Gasteiger partial charge on any atom is 0.271 e. The summed E-state index contributed by atoms with van der Waals surface area (Å²) in [6.45, 7) is 5.94. The highest BCUT2D eigenvalue weighted by molar-refractivity contribution is 5.97. The number of carbonyl (C=O) groups is 2. The normalized spacial score (nSPS) is 11.1. The van der Waals surface area contributed by atoms with E-state index >= 15 is 0 Å². The average molecular weight is 253 g/mol. The van der Waals surface area contributed by atoms with E-state index in [4.69, 9.17) is 5.73 Å². The van der Waals surface area contributed by atoms with Crippen molar-refractivity contribution in [2.24, 2.45) is 0 Å². The number of nitrogens with zero attached hydrogens (tertiary/aromatic N) is 1. The molecule has 0 atom stereocenters. The standard InChI is InChI=1S/C11H19N5O2/c1-11(2,3)15-8(17)4-5-13-10(18)9-7(12)6-14-16-9/h6H,4-5,12H2,1-3H3,(H,13,18)(H,14,16)(H,15,17). The zero-order valence-corrected chi connectivity index (χ0v) is 10.8. The Kier molecular flexibility index (Phi) is 4.30. The van der Waals surface area contributed by atoms with Crippen LogP contribution in [0.15, 0.2) is 6.20 Å². The first-order valence-corrected chi connectivity index (χ1v) is 5.67. The summed E-state index contributed by atoms with van der Waals surface area (Å²) >= 11 is 0. The molecule has 1 aromatic rings. The molecule has 0 aliphatic rings. The van der Waals surface area contributed by atoms with Gasteiger partial charge in [0.25, 0.3) is 5.91 Å². The predicted molar refractivity (Wildman–Crippen MR) is 67.8 cm³/mol. The van der Waals surface area contributed by atoms with Crippen molar-refractivity contribution in [3.05, 3.63) is 11.9 Å². The van der Waals surface area contributed by atoms with E-state index in [1.165, 1.54) is 6.20 Å². The molecule has 7 nitrogen and oxygen atoms in total. The molecule has 0 aliphatic carbocycles. The van der Waals surface area contributed by atoms with Crippen LogP contribution in [0.5, 0.6) is 0 Å². The van der Waals surface area contributed by atoms with Crippen LogP contribution in [-0.4, -0.2) is 34.1 Å². The fourth-order valence-corrected chi connectivity index (χ4v) is 1.34. The molecule has 2 amide bonds. The number of amides is 2. The Balaban J connectivity index is 2.33. The van der Waals surface area contributed by atoms with Crippen molar-refractivity contribution in [1.29, 1.82) is 0 Å². The number of aromatic nitrogens is 2. The third-order valence-electron chi connectivity index (χ3n) is 2.05. The van der Waals surface area contributed by atoms with E-state index in [-0.39, 0.29) is 41.7 Å². The number of carbonyl (C=O) groups excluding carboxylic acids is 2. The molecule has 5 N–H and O–H groups in total. The number of nitrogens with one attached hydrogen (secondary N) is 3. The van der Waals surface area contributed by atoms with Crippen LogP contribution in [-0.2, 0) is 4.79 Å². The third kappa shape index (κ3) is 4.44. The van der Waals surface area contributed by atoms with Crippen LogP contribution in [0.25, 0.3) is 0 Å². The molecule has 0 bridgehead atoms. The van der Waals surface area contributed by atoms with Crippen LogP contribution >= 0.6 is 0 Å². The van der Waals surface area contributed by atoms with Gasteiger partial charge >= 0.3 is 0 Å². The summed E-state index contributed by atoms with van der Waals surface area (Å²) in [7, 11) is 0. The van der Waals surface area contributed by atoms with Crippen molar-refractivity contribution >= 4 is 17.5 Å². The fraction of sp³-hybridized carbons (Fsp3) is 0.545. The number of nitrogen functional groups attached to an aromatic ring is 1. The second kappa shape index (κ2) is 5.52. The van der Waals surface area contributed by atoms with Crippen LogP contribution in [0.1, 0.15) is 37.7 Å². The molecule has 0 fully saturated rings. The van der Waals surface area contributed by atoms with Gasteiger partial charge in [0.1, 0.15) is 5.69 Å². The minimum atomic E-state index is -0.367. The van der Waals surface area contributed by atoms with Gasteiger partial charge < -0.3 is 16.4 Å². The molecule has 0 unspecified atom stereocenters. The molecular formula is C11H19N5O2. The van der Waals surface area contributed by atoms with Crippen molar-refractivity contribution in [2.45, 2.75) is 32.7 Å². The third-order valence-corrected chi connectivity index (χ3v) is 2.05. The lowest BCUT2D eigenvalue weighted by molar-refractivity contribution is -0.122. The quantitative estimate of drug-likeness (QED) is 0.606. The minimum absolute atomic E-state index is 0.111. The van der Waals surface area contributed by atoms with Crippen molar-refractivity contribution in [2.75, 3.05) is 12.3 Å². The van der Waals surface area contributed by atoms with Crippen LogP contribution in [0.2, 0.25) is 0 Å². The molecule has 0 aliphatic heterocycles. The number of anilines is 1. The summed E-state index contributed by atoms with van der Waals surface area (Å²) in [4.78, 5) is 23.1. The lowest BCUT2D eigenvalue weighted by Gasteiger charge is -2.20. The molecule has 0 saturated carbocycles. The summed E-state index contributed by atoms with van der Waals surface area (Å²) in [6.07, 6.45) is 1.58.